The van der Waals surface area contributed by atoms with Crippen LogP contribution >= 0.6 is 11.8 Å². The summed E-state index contributed by atoms with van der Waals surface area (Å²) in [5.74, 6) is -2.44. The third-order valence-electron chi connectivity index (χ3n) is 3.90. The van der Waals surface area contributed by atoms with E-state index < -0.39 is 5.76 Å². The zero-order valence-corrected chi connectivity index (χ0v) is 14.5. The molecule has 2 heterocycles. The van der Waals surface area contributed by atoms with Gasteiger partial charge in [0.1, 0.15) is 0 Å². The molecule has 0 unspecified atom stereocenters. The molecule has 1 saturated heterocycles. The van der Waals surface area contributed by atoms with Crippen LogP contribution in [0.15, 0.2) is 52.0 Å². The van der Waals surface area contributed by atoms with Crippen molar-refractivity contribution in [2.45, 2.75) is 10.7 Å². The Hall–Kier alpha value is -2.55. The summed E-state index contributed by atoms with van der Waals surface area (Å²) in [5.41, 5.74) is 0.453. The highest BCUT2D eigenvalue weighted by Gasteiger charge is 2.26. The number of amides is 3. The van der Waals surface area contributed by atoms with Crippen molar-refractivity contribution in [3.05, 3.63) is 48.4 Å². The number of hydrogen-bond donors (Lipinski definition) is 1. The van der Waals surface area contributed by atoms with Gasteiger partial charge in [-0.25, -0.2) is 4.79 Å². The minimum atomic E-state index is -2.51. The molecule has 0 radical (unpaired) electrons. The molecule has 26 heavy (non-hydrogen) atoms. The summed E-state index contributed by atoms with van der Waals surface area (Å²) in [6, 6.07) is 9.25. The fourth-order valence-electron chi connectivity index (χ4n) is 2.62. The Bertz CT molecular complexity index is 762. The zero-order chi connectivity index (χ0) is 18.5. The average molecular weight is 381 g/mol. The highest BCUT2D eigenvalue weighted by atomic mass is 32.2. The molecule has 0 spiro atoms. The molecule has 1 aromatic carbocycles. The van der Waals surface area contributed by atoms with Crippen molar-refractivity contribution in [1.82, 2.24) is 9.80 Å². The molecule has 3 rings (SSSR count). The number of thioether (sulfide) groups is 1. The lowest BCUT2D eigenvalue weighted by Gasteiger charge is -2.34. The zero-order valence-electron chi connectivity index (χ0n) is 13.7. The van der Waals surface area contributed by atoms with Crippen molar-refractivity contribution >= 4 is 29.4 Å². The largest absolute Gasteiger partial charge is 0.459 e. The van der Waals surface area contributed by atoms with Gasteiger partial charge in [-0.3, -0.25) is 4.79 Å². The minimum absolute atomic E-state index is 0.202. The third-order valence-corrected chi connectivity index (χ3v) is 4.60. The van der Waals surface area contributed by atoms with E-state index in [-0.39, 0.29) is 17.7 Å². The summed E-state index contributed by atoms with van der Waals surface area (Å²) >= 11 is 0.426. The predicted octanol–water partition coefficient (Wildman–Crippen LogP) is 3.58. The van der Waals surface area contributed by atoms with Gasteiger partial charge in [-0.05, 0) is 30.3 Å². The molecule has 0 atom stereocenters. The number of halogens is 2. The maximum absolute atomic E-state index is 12.4. The molecule has 1 aromatic heterocycles. The van der Waals surface area contributed by atoms with Crippen LogP contribution in [0, 0.1) is 0 Å². The number of anilines is 1. The van der Waals surface area contributed by atoms with Gasteiger partial charge in [0.25, 0.3) is 11.7 Å². The first kappa shape index (κ1) is 18.2. The van der Waals surface area contributed by atoms with Crippen LogP contribution < -0.4 is 5.32 Å². The molecule has 0 bridgehead atoms. The van der Waals surface area contributed by atoms with Gasteiger partial charge in [-0.15, -0.1) is 0 Å². The Morgan fingerprint density at radius 1 is 1.08 bits per heavy atom. The van der Waals surface area contributed by atoms with Gasteiger partial charge in [-0.2, -0.15) is 8.78 Å². The summed E-state index contributed by atoms with van der Waals surface area (Å²) in [6.07, 6.45) is 1.44. The molecule has 1 fully saturated rings. The maximum Gasteiger partial charge on any atom is 0.321 e. The number of alkyl halides is 2. The quantitative estimate of drug-likeness (QED) is 0.822. The molecular formula is C17H17F2N3O3S. The maximum atomic E-state index is 12.4. The average Bonchev–Trinajstić information content (AvgIpc) is 3.15. The number of carbonyl (C=O) groups is 2. The van der Waals surface area contributed by atoms with E-state index in [1.165, 1.54) is 12.3 Å². The van der Waals surface area contributed by atoms with E-state index in [4.69, 9.17) is 4.42 Å². The second-order valence-electron chi connectivity index (χ2n) is 5.59. The highest BCUT2D eigenvalue weighted by Crippen LogP contribution is 2.27. The van der Waals surface area contributed by atoms with E-state index in [9.17, 15) is 18.4 Å². The van der Waals surface area contributed by atoms with E-state index in [2.05, 4.69) is 5.32 Å². The van der Waals surface area contributed by atoms with Crippen LogP contribution in [0.2, 0.25) is 0 Å². The van der Waals surface area contributed by atoms with Gasteiger partial charge >= 0.3 is 6.03 Å². The van der Waals surface area contributed by atoms with Crippen molar-refractivity contribution in [2.24, 2.45) is 0 Å². The fraction of sp³-hybridized carbons (Fsp3) is 0.294. The molecule has 1 aliphatic heterocycles. The predicted molar refractivity (Wildman–Crippen MR) is 93.5 cm³/mol. The number of benzene rings is 1. The molecule has 3 amide bonds. The lowest BCUT2D eigenvalue weighted by Crippen LogP contribution is -2.51. The van der Waals surface area contributed by atoms with E-state index in [1.807, 2.05) is 0 Å². The highest BCUT2D eigenvalue weighted by molar-refractivity contribution is 7.99. The van der Waals surface area contributed by atoms with Gasteiger partial charge in [0.2, 0.25) is 0 Å². The summed E-state index contributed by atoms with van der Waals surface area (Å²) in [6.45, 7) is 1.55. The number of hydrogen-bond acceptors (Lipinski definition) is 4. The number of piperazine rings is 1. The topological polar surface area (TPSA) is 65.8 Å². The van der Waals surface area contributed by atoms with E-state index >= 15 is 0 Å². The molecular weight excluding hydrogens is 364 g/mol. The van der Waals surface area contributed by atoms with E-state index in [0.717, 1.165) is 0 Å². The van der Waals surface area contributed by atoms with Crippen LogP contribution in [-0.4, -0.2) is 53.7 Å². The Balaban J connectivity index is 1.53. The fourth-order valence-corrected chi connectivity index (χ4v) is 3.18. The Morgan fingerprint density at radius 3 is 2.46 bits per heavy atom. The molecule has 2 aromatic rings. The smallest absolute Gasteiger partial charge is 0.321 e. The first-order valence-electron chi connectivity index (χ1n) is 7.96. The first-order chi connectivity index (χ1) is 12.5. The van der Waals surface area contributed by atoms with Crippen molar-refractivity contribution in [2.75, 3.05) is 31.5 Å². The number of urea groups is 1. The molecule has 1 N–H and O–H groups in total. The van der Waals surface area contributed by atoms with Gasteiger partial charge in [0.05, 0.1) is 6.26 Å². The molecule has 0 saturated carbocycles. The van der Waals surface area contributed by atoms with Gasteiger partial charge in [-0.1, -0.05) is 17.8 Å². The van der Waals surface area contributed by atoms with Crippen LogP contribution in [0.5, 0.6) is 0 Å². The SMILES string of the molecule is O=C(Nc1cccc(SC(F)F)c1)N1CCN(C(=O)c2ccco2)CC1. The molecule has 9 heteroatoms. The van der Waals surface area contributed by atoms with Gasteiger partial charge in [0, 0.05) is 36.8 Å². The number of rotatable bonds is 4. The van der Waals surface area contributed by atoms with Crippen LogP contribution in [0.3, 0.4) is 0 Å². The molecule has 138 valence electrons. The lowest BCUT2D eigenvalue weighted by molar-refractivity contribution is 0.0640. The molecule has 1 aliphatic rings. The van der Waals surface area contributed by atoms with E-state index in [0.29, 0.717) is 48.5 Å². The number of nitrogens with zero attached hydrogens (tertiary/aromatic N) is 2. The normalized spacial score (nSPS) is 14.6. The Kier molecular flexibility index (Phi) is 5.77. The van der Waals surface area contributed by atoms with Crippen LogP contribution in [0.25, 0.3) is 0 Å². The molecule has 6 nitrogen and oxygen atoms in total. The van der Waals surface area contributed by atoms with Crippen molar-refractivity contribution in [3.63, 3.8) is 0 Å². The third kappa shape index (κ3) is 4.54. The first-order valence-corrected chi connectivity index (χ1v) is 8.84. The van der Waals surface area contributed by atoms with Crippen molar-refractivity contribution in [3.8, 4) is 0 Å². The van der Waals surface area contributed by atoms with Crippen LogP contribution in [0.4, 0.5) is 19.3 Å². The van der Waals surface area contributed by atoms with Gasteiger partial charge < -0.3 is 19.5 Å². The minimum Gasteiger partial charge on any atom is -0.459 e. The summed E-state index contributed by atoms with van der Waals surface area (Å²) in [4.78, 5) is 28.1. The van der Waals surface area contributed by atoms with Crippen LogP contribution in [0.1, 0.15) is 10.6 Å². The summed E-state index contributed by atoms with van der Waals surface area (Å²) in [5, 5.41) is 2.70. The Labute approximate surface area is 153 Å². The Morgan fingerprint density at radius 2 is 1.81 bits per heavy atom. The second kappa shape index (κ2) is 8.22. The number of furan rings is 1. The number of nitrogens with one attached hydrogen (secondary N) is 1. The summed E-state index contributed by atoms with van der Waals surface area (Å²) < 4.78 is 30.0. The van der Waals surface area contributed by atoms with E-state index in [1.54, 1.807) is 40.1 Å². The van der Waals surface area contributed by atoms with Crippen molar-refractivity contribution in [1.29, 1.82) is 0 Å². The molecule has 0 aliphatic carbocycles. The number of carbonyl (C=O) groups excluding carboxylic acids is 2. The monoisotopic (exact) mass is 381 g/mol. The second-order valence-corrected chi connectivity index (χ2v) is 6.66. The van der Waals surface area contributed by atoms with Crippen molar-refractivity contribution < 1.29 is 22.8 Å². The standard InChI is InChI=1S/C17H17F2N3O3S/c18-16(19)26-13-4-1-3-12(11-13)20-17(24)22-8-6-21(7-9-22)15(23)14-5-2-10-25-14/h1-5,10-11,16H,6-9H2,(H,20,24). The lowest BCUT2D eigenvalue weighted by atomic mass is 10.3. The summed E-state index contributed by atoms with van der Waals surface area (Å²) in [7, 11) is 0. The van der Waals surface area contributed by atoms with Gasteiger partial charge in [0.15, 0.2) is 5.76 Å². The van der Waals surface area contributed by atoms with Crippen LogP contribution in [-0.2, 0) is 0 Å².